The van der Waals surface area contributed by atoms with Gasteiger partial charge >= 0.3 is 0 Å². The second-order valence-electron chi connectivity index (χ2n) is 14.9. The van der Waals surface area contributed by atoms with E-state index in [4.69, 9.17) is 38.4 Å². The molecule has 6 aromatic rings. The largest absolute Gasteiger partial charge is 0.497 e. The third-order valence-electron chi connectivity index (χ3n) is 10.4. The summed E-state index contributed by atoms with van der Waals surface area (Å²) in [6.45, 7) is -1.89. The van der Waals surface area contributed by atoms with Crippen LogP contribution in [0.1, 0.15) is 36.8 Å². The van der Waals surface area contributed by atoms with Crippen molar-refractivity contribution in [2.45, 2.75) is 75.2 Å². The lowest BCUT2D eigenvalue weighted by Crippen LogP contribution is -2.34. The number of benzene rings is 4. The maximum absolute atomic E-state index is 13.4. The van der Waals surface area contributed by atoms with Crippen LogP contribution in [-0.4, -0.2) is 78.9 Å². The number of halogens is 6. The summed E-state index contributed by atoms with van der Waals surface area (Å²) in [4.78, 5) is 10.9. The number of sulfonamides is 2. The molecule has 16 nitrogen and oxygen atoms in total. The Labute approximate surface area is 374 Å². The molecule has 2 fully saturated rings. The van der Waals surface area contributed by atoms with Gasteiger partial charge in [0.25, 0.3) is 18.5 Å². The standard InChI is InChI=1S/C20H19ClF2N4O5S.C20H21ClF2N4O3S/c1-32-13-4-2-12(3-5-13)10-26(33(30,31)14-6-7-14)20-18-15(21)8-9-16(27(28)29)19(18)25(24-20)11-17(22)23;1-30-13-4-2-12(3-5-13)10-27(31(28,29)14-6-7-14)20-18-15(21)8-9-16(24)19(18)26(25-20)11-17(22)23/h2-5,8-9,14,17H,6-7,10-11H2,1H3;2-5,8-9,14,17H,6-7,10-11,24H2,1H3. The van der Waals surface area contributed by atoms with Crippen LogP contribution in [0.25, 0.3) is 21.8 Å². The highest BCUT2D eigenvalue weighted by molar-refractivity contribution is 7.94. The zero-order valence-electron chi connectivity index (χ0n) is 34.0. The number of anilines is 3. The molecule has 0 bridgehead atoms. The molecule has 2 aromatic heterocycles. The fourth-order valence-corrected chi connectivity index (χ4v) is 11.1. The minimum Gasteiger partial charge on any atom is -0.497 e. The Bertz CT molecular complexity index is 2920. The molecule has 2 aliphatic rings. The lowest BCUT2D eigenvalue weighted by molar-refractivity contribution is -0.383. The van der Waals surface area contributed by atoms with Crippen LogP contribution in [0, 0.1) is 10.1 Å². The molecule has 2 aliphatic carbocycles. The van der Waals surface area contributed by atoms with Gasteiger partial charge in [-0.3, -0.25) is 14.8 Å². The number of aromatic nitrogens is 4. The summed E-state index contributed by atoms with van der Waals surface area (Å²) in [6, 6.07) is 18.9. The smallest absolute Gasteiger partial charge is 0.295 e. The molecule has 2 N–H and O–H groups in total. The Morgan fingerprint density at radius 3 is 1.47 bits per heavy atom. The summed E-state index contributed by atoms with van der Waals surface area (Å²) in [5, 5.41) is 19.1. The molecular formula is C40H40Cl2F4N8O8S2. The highest BCUT2D eigenvalue weighted by atomic mass is 35.5. The fraction of sp³-hybridized carbons (Fsp3) is 0.350. The minimum absolute atomic E-state index is 0.00401. The molecule has 64 heavy (non-hydrogen) atoms. The number of methoxy groups -OCH3 is 2. The topological polar surface area (TPSA) is 198 Å². The average Bonchev–Trinajstić information content (AvgIpc) is 4.20. The van der Waals surface area contributed by atoms with Gasteiger partial charge in [0.1, 0.15) is 30.1 Å². The molecular weight excluding hydrogens is 932 g/mol. The highest BCUT2D eigenvalue weighted by Gasteiger charge is 2.44. The van der Waals surface area contributed by atoms with Gasteiger partial charge in [0.05, 0.1) is 74.8 Å². The van der Waals surface area contributed by atoms with Crippen LogP contribution < -0.4 is 23.8 Å². The summed E-state index contributed by atoms with van der Waals surface area (Å²) in [7, 11) is -4.70. The first-order valence-corrected chi connectivity index (χ1v) is 23.2. The molecule has 0 amide bonds. The van der Waals surface area contributed by atoms with Crippen molar-refractivity contribution in [2.24, 2.45) is 0 Å². The summed E-state index contributed by atoms with van der Waals surface area (Å²) in [5.41, 5.74) is 6.92. The van der Waals surface area contributed by atoms with Gasteiger partial charge in [0.2, 0.25) is 20.0 Å². The molecule has 0 unspecified atom stereocenters. The van der Waals surface area contributed by atoms with Crippen LogP contribution in [0.15, 0.2) is 72.8 Å². The molecule has 0 spiro atoms. The van der Waals surface area contributed by atoms with Gasteiger partial charge in [-0.15, -0.1) is 0 Å². The number of ether oxygens (including phenoxy) is 2. The van der Waals surface area contributed by atoms with Crippen molar-refractivity contribution in [1.29, 1.82) is 0 Å². The number of nitro groups is 1. The van der Waals surface area contributed by atoms with E-state index in [1.165, 1.54) is 32.4 Å². The van der Waals surface area contributed by atoms with E-state index in [9.17, 15) is 44.5 Å². The number of nitrogens with two attached hydrogens (primary N) is 1. The third kappa shape index (κ3) is 9.59. The molecule has 0 radical (unpaired) electrons. The second kappa shape index (κ2) is 18.5. The number of non-ortho nitro benzene ring substituents is 1. The van der Waals surface area contributed by atoms with E-state index >= 15 is 0 Å². The van der Waals surface area contributed by atoms with Gasteiger partial charge < -0.3 is 15.2 Å². The third-order valence-corrected chi connectivity index (χ3v) is 15.5. The van der Waals surface area contributed by atoms with Crippen LogP contribution in [0.2, 0.25) is 10.0 Å². The second-order valence-corrected chi connectivity index (χ2v) is 20.0. The molecule has 2 heterocycles. The number of nitro benzene ring substituents is 1. The molecule has 2 saturated carbocycles. The zero-order valence-corrected chi connectivity index (χ0v) is 37.1. The van der Waals surface area contributed by atoms with Crippen molar-refractivity contribution in [3.8, 4) is 11.5 Å². The molecule has 0 aliphatic heterocycles. The van der Waals surface area contributed by atoms with Gasteiger partial charge in [-0.2, -0.15) is 10.2 Å². The monoisotopic (exact) mass is 970 g/mol. The van der Waals surface area contributed by atoms with Crippen molar-refractivity contribution >= 4 is 88.1 Å². The van der Waals surface area contributed by atoms with Gasteiger partial charge in [-0.1, -0.05) is 47.5 Å². The summed E-state index contributed by atoms with van der Waals surface area (Å²) in [5.74, 6) is 0.973. The highest BCUT2D eigenvalue weighted by Crippen LogP contribution is 2.43. The zero-order chi connectivity index (χ0) is 46.2. The fourth-order valence-electron chi connectivity index (χ4n) is 7.01. The SMILES string of the molecule is COc1ccc(CN(c2nn(CC(F)F)c3c(N)ccc(Cl)c23)S(=O)(=O)C2CC2)cc1.COc1ccc(CN(c2nn(CC(F)F)c3c([N+](=O)[O-])ccc(Cl)c23)S(=O)(=O)C2CC2)cc1. The molecule has 0 atom stereocenters. The van der Waals surface area contributed by atoms with Crippen molar-refractivity contribution in [3.63, 3.8) is 0 Å². The number of alkyl halides is 4. The van der Waals surface area contributed by atoms with Gasteiger partial charge in [-0.05, 0) is 79.3 Å². The molecule has 24 heteroatoms. The molecule has 342 valence electrons. The quantitative estimate of drug-likeness (QED) is 0.0399. The number of hydrogen-bond donors (Lipinski definition) is 1. The van der Waals surface area contributed by atoms with Gasteiger partial charge in [-0.25, -0.2) is 47.7 Å². The Morgan fingerprint density at radius 2 is 1.09 bits per heavy atom. The Morgan fingerprint density at radius 1 is 0.703 bits per heavy atom. The van der Waals surface area contributed by atoms with E-state index in [2.05, 4.69) is 10.2 Å². The van der Waals surface area contributed by atoms with E-state index < -0.39 is 67.1 Å². The van der Waals surface area contributed by atoms with Crippen molar-refractivity contribution < 1.29 is 48.8 Å². The normalized spacial score (nSPS) is 14.2. The van der Waals surface area contributed by atoms with Gasteiger partial charge in [0, 0.05) is 6.07 Å². The Hall–Kier alpha value is -5.58. The predicted octanol–water partition coefficient (Wildman–Crippen LogP) is 8.41. The number of rotatable bonds is 17. The van der Waals surface area contributed by atoms with E-state index in [0.29, 0.717) is 48.3 Å². The summed E-state index contributed by atoms with van der Waals surface area (Å²) < 4.78 is 121. The van der Waals surface area contributed by atoms with Crippen LogP contribution >= 0.6 is 23.2 Å². The maximum atomic E-state index is 13.4. The maximum Gasteiger partial charge on any atom is 0.295 e. The van der Waals surface area contributed by atoms with E-state index in [-0.39, 0.29) is 62.3 Å². The van der Waals surface area contributed by atoms with E-state index in [1.807, 2.05) is 0 Å². The molecule has 8 rings (SSSR count). The summed E-state index contributed by atoms with van der Waals surface area (Å²) in [6.07, 6.45) is -3.62. The lowest BCUT2D eigenvalue weighted by atomic mass is 10.2. The van der Waals surface area contributed by atoms with Gasteiger partial charge in [0.15, 0.2) is 11.6 Å². The first-order chi connectivity index (χ1) is 30.3. The van der Waals surface area contributed by atoms with Crippen LogP contribution in [0.3, 0.4) is 0 Å². The van der Waals surface area contributed by atoms with Crippen LogP contribution in [0.5, 0.6) is 11.5 Å². The Balaban J connectivity index is 0.000000192. The van der Waals surface area contributed by atoms with E-state index in [1.54, 1.807) is 48.5 Å². The summed E-state index contributed by atoms with van der Waals surface area (Å²) >= 11 is 12.7. The number of nitrogen functional groups attached to an aromatic ring is 1. The van der Waals surface area contributed by atoms with E-state index in [0.717, 1.165) is 24.0 Å². The molecule has 4 aromatic carbocycles. The molecule has 0 saturated heterocycles. The lowest BCUT2D eigenvalue weighted by Gasteiger charge is -2.23. The predicted molar refractivity (Wildman–Crippen MR) is 235 cm³/mol. The van der Waals surface area contributed by atoms with Crippen molar-refractivity contribution in [1.82, 2.24) is 19.6 Å². The first kappa shape index (κ1) is 46.4. The van der Waals surface area contributed by atoms with Crippen LogP contribution in [-0.2, 0) is 46.2 Å². The number of hydrogen-bond acceptors (Lipinski definition) is 11. The first-order valence-electron chi connectivity index (χ1n) is 19.5. The van der Waals surface area contributed by atoms with Crippen LogP contribution in [0.4, 0.5) is 40.6 Å². The Kier molecular flexibility index (Phi) is 13.4. The average molecular weight is 972 g/mol. The van der Waals surface area contributed by atoms with Crippen molar-refractivity contribution in [2.75, 3.05) is 28.6 Å². The number of nitrogens with zero attached hydrogens (tertiary/aromatic N) is 7. The number of fused-ring (bicyclic) bond motifs is 2. The minimum atomic E-state index is -3.94. The van der Waals surface area contributed by atoms with Crippen molar-refractivity contribution in [3.05, 3.63) is 104 Å².